The number of hydrogen-bond acceptors (Lipinski definition) is 10. The van der Waals surface area contributed by atoms with Crippen molar-refractivity contribution in [3.63, 3.8) is 0 Å². The summed E-state index contributed by atoms with van der Waals surface area (Å²) in [5.41, 5.74) is -0.131. The van der Waals surface area contributed by atoms with E-state index in [1.807, 2.05) is 0 Å². The van der Waals surface area contributed by atoms with E-state index >= 15 is 0 Å². The van der Waals surface area contributed by atoms with E-state index in [4.69, 9.17) is 13.9 Å². The van der Waals surface area contributed by atoms with Gasteiger partial charge in [0.05, 0.1) is 12.2 Å². The van der Waals surface area contributed by atoms with Crippen molar-refractivity contribution in [2.45, 2.75) is 24.6 Å². The van der Waals surface area contributed by atoms with Crippen molar-refractivity contribution in [2.75, 3.05) is 6.61 Å². The second-order valence-electron chi connectivity index (χ2n) is 6.82. The van der Waals surface area contributed by atoms with Crippen LogP contribution in [-0.4, -0.2) is 61.8 Å². The first kappa shape index (κ1) is 20.0. The third-order valence-electron chi connectivity index (χ3n) is 4.78. The van der Waals surface area contributed by atoms with Gasteiger partial charge in [0, 0.05) is 17.7 Å². The number of benzene rings is 2. The molecule has 6 N–H and O–H groups in total. The maximum Gasteiger partial charge on any atom is 0.229 e. The van der Waals surface area contributed by atoms with Crippen LogP contribution < -0.4 is 10.2 Å². The molecule has 1 aliphatic carbocycles. The number of hydrogen-bond donors (Lipinski definition) is 6. The van der Waals surface area contributed by atoms with Crippen molar-refractivity contribution >= 4 is 0 Å². The molecule has 30 heavy (non-hydrogen) atoms. The first-order valence-corrected chi connectivity index (χ1v) is 8.91. The van der Waals surface area contributed by atoms with E-state index in [1.165, 1.54) is 24.3 Å². The zero-order valence-corrected chi connectivity index (χ0v) is 15.3. The lowest BCUT2D eigenvalue weighted by atomic mass is 10.1. The van der Waals surface area contributed by atoms with E-state index in [-0.39, 0.29) is 39.9 Å². The highest BCUT2D eigenvalue weighted by Gasteiger charge is 2.44. The molecular weight excluding hydrogens is 400 g/mol. The first-order chi connectivity index (χ1) is 14.3. The summed E-state index contributed by atoms with van der Waals surface area (Å²) < 4.78 is 16.7. The molecule has 0 spiro atoms. The second-order valence-corrected chi connectivity index (χ2v) is 6.82. The topological polar surface area (TPSA) is 170 Å². The number of ether oxygens (including phenoxy) is 2. The summed E-state index contributed by atoms with van der Waals surface area (Å²) in [6.45, 7) is -0.550. The van der Waals surface area contributed by atoms with Gasteiger partial charge in [0.2, 0.25) is 6.29 Å². The van der Waals surface area contributed by atoms with Gasteiger partial charge in [0.15, 0.2) is 28.4 Å². The van der Waals surface area contributed by atoms with Crippen LogP contribution in [0.15, 0.2) is 45.6 Å². The summed E-state index contributed by atoms with van der Waals surface area (Å²) >= 11 is 0. The van der Waals surface area contributed by atoms with Crippen LogP contribution in [0.25, 0.3) is 22.6 Å². The lowest BCUT2D eigenvalue weighted by Crippen LogP contribution is -2.35. The minimum Gasteiger partial charge on any atom is -0.507 e. The molecule has 0 radical (unpaired) electrons. The lowest BCUT2D eigenvalue weighted by molar-refractivity contribution is -0.116. The Morgan fingerprint density at radius 1 is 0.933 bits per heavy atom. The van der Waals surface area contributed by atoms with Crippen LogP contribution in [0.4, 0.5) is 0 Å². The molecule has 0 bridgehead atoms. The molecule has 4 atom stereocenters. The fourth-order valence-electron chi connectivity index (χ4n) is 3.22. The fourth-order valence-corrected chi connectivity index (χ4v) is 3.22. The molecule has 3 aliphatic rings. The predicted molar refractivity (Wildman–Crippen MR) is 100 cm³/mol. The Labute approximate surface area is 168 Å². The van der Waals surface area contributed by atoms with Crippen LogP contribution in [-0.2, 0) is 4.74 Å². The summed E-state index contributed by atoms with van der Waals surface area (Å²) in [6.07, 6.45) is -5.33. The highest BCUT2D eigenvalue weighted by atomic mass is 16.7. The van der Waals surface area contributed by atoms with Gasteiger partial charge in [0.1, 0.15) is 29.8 Å². The Morgan fingerprint density at radius 2 is 1.70 bits per heavy atom. The Morgan fingerprint density at radius 3 is 2.37 bits per heavy atom. The Balaban J connectivity index is 1.85. The summed E-state index contributed by atoms with van der Waals surface area (Å²) in [5, 5.41) is 58.8. The van der Waals surface area contributed by atoms with Crippen molar-refractivity contribution in [3.8, 4) is 45.6 Å². The SMILES string of the molecule is O=c1cc2oc(-c3ccc(O)c(O)c3)c(OC3O[C@H](CO)[C@H](O)[C@H]3O)cc-2c(O)c1. The fraction of sp³-hybridized carbons (Fsp3) is 0.250. The Kier molecular flexibility index (Phi) is 5.00. The van der Waals surface area contributed by atoms with Gasteiger partial charge in [-0.05, 0) is 24.3 Å². The van der Waals surface area contributed by atoms with E-state index in [9.17, 15) is 35.4 Å². The van der Waals surface area contributed by atoms with Crippen molar-refractivity contribution < 1.29 is 44.5 Å². The smallest absolute Gasteiger partial charge is 0.229 e. The maximum absolute atomic E-state index is 11.7. The van der Waals surface area contributed by atoms with E-state index < -0.39 is 42.4 Å². The van der Waals surface area contributed by atoms with Gasteiger partial charge in [-0.25, -0.2) is 0 Å². The van der Waals surface area contributed by atoms with Crippen LogP contribution in [0, 0.1) is 0 Å². The van der Waals surface area contributed by atoms with Crippen LogP contribution in [0.2, 0.25) is 0 Å². The Hall–Kier alpha value is -3.31. The van der Waals surface area contributed by atoms with Crippen LogP contribution >= 0.6 is 0 Å². The Bertz CT molecular complexity index is 1110. The molecule has 0 saturated carbocycles. The predicted octanol–water partition coefficient (Wildman–Crippen LogP) is 0.346. The summed E-state index contributed by atoms with van der Waals surface area (Å²) in [4.78, 5) is 11.7. The van der Waals surface area contributed by atoms with Gasteiger partial charge in [-0.15, -0.1) is 0 Å². The van der Waals surface area contributed by atoms with E-state index in [0.717, 1.165) is 12.1 Å². The number of fused-ring (bicyclic) bond motifs is 1. The molecule has 2 aliphatic heterocycles. The standard InChI is InChI=1S/C20H18O10/c21-7-16-17(26)18(27)20(30-16)29-15-6-10-12(24)4-9(22)5-14(10)28-19(15)8-1-2-11(23)13(25)3-8/h1-6,16-18,20-21,23-27H,7H2/t16-,17+,18-,20?/m1/s1. The van der Waals surface area contributed by atoms with E-state index in [1.54, 1.807) is 0 Å². The molecule has 0 amide bonds. The highest BCUT2D eigenvalue weighted by molar-refractivity contribution is 5.75. The van der Waals surface area contributed by atoms with E-state index in [2.05, 4.69) is 0 Å². The van der Waals surface area contributed by atoms with Crippen LogP contribution in [0.1, 0.15) is 0 Å². The summed E-state index contributed by atoms with van der Waals surface area (Å²) in [5.74, 6) is -1.23. The molecule has 10 nitrogen and oxygen atoms in total. The van der Waals surface area contributed by atoms with Gasteiger partial charge < -0.3 is 44.5 Å². The molecule has 1 unspecified atom stereocenters. The molecule has 1 aromatic carbocycles. The average Bonchev–Trinajstić information content (AvgIpc) is 2.98. The molecule has 158 valence electrons. The normalized spacial score (nSPS) is 23.7. The number of phenols is 3. The average molecular weight is 418 g/mol. The molecule has 2 heterocycles. The summed E-state index contributed by atoms with van der Waals surface area (Å²) in [6, 6.07) is 7.27. The second kappa shape index (κ2) is 7.50. The lowest BCUT2D eigenvalue weighted by Gasteiger charge is -2.20. The van der Waals surface area contributed by atoms with Gasteiger partial charge >= 0.3 is 0 Å². The highest BCUT2D eigenvalue weighted by Crippen LogP contribution is 2.43. The number of aliphatic hydroxyl groups excluding tert-OH is 3. The third kappa shape index (κ3) is 3.42. The van der Waals surface area contributed by atoms with Crippen LogP contribution in [0.5, 0.6) is 23.0 Å². The molecule has 1 saturated heterocycles. The third-order valence-corrected chi connectivity index (χ3v) is 4.78. The monoisotopic (exact) mass is 418 g/mol. The molecule has 0 aromatic heterocycles. The van der Waals surface area contributed by atoms with Crippen LogP contribution in [0.3, 0.4) is 0 Å². The molecular formula is C20H18O10. The van der Waals surface area contributed by atoms with Crippen molar-refractivity contribution in [3.05, 3.63) is 46.6 Å². The first-order valence-electron chi connectivity index (χ1n) is 8.91. The number of aliphatic hydroxyl groups is 3. The summed E-state index contributed by atoms with van der Waals surface area (Å²) in [7, 11) is 0. The molecule has 1 fully saturated rings. The minimum atomic E-state index is -1.49. The van der Waals surface area contributed by atoms with Gasteiger partial charge in [-0.2, -0.15) is 0 Å². The number of aromatic hydroxyl groups is 3. The number of rotatable bonds is 4. The maximum atomic E-state index is 11.7. The van der Waals surface area contributed by atoms with Gasteiger partial charge in [-0.3, -0.25) is 4.79 Å². The van der Waals surface area contributed by atoms with E-state index in [0.29, 0.717) is 0 Å². The molecule has 4 rings (SSSR count). The van der Waals surface area contributed by atoms with Crippen molar-refractivity contribution in [1.82, 2.24) is 0 Å². The quantitative estimate of drug-likeness (QED) is 0.325. The number of phenolic OH excluding ortho intramolecular Hbond substituents is 3. The zero-order valence-electron chi connectivity index (χ0n) is 15.3. The largest absolute Gasteiger partial charge is 0.507 e. The molecule has 1 aromatic rings. The molecule has 10 heteroatoms. The zero-order chi connectivity index (χ0) is 21.6. The van der Waals surface area contributed by atoms with Gasteiger partial charge in [0.25, 0.3) is 0 Å². The van der Waals surface area contributed by atoms with Gasteiger partial charge in [-0.1, -0.05) is 0 Å². The van der Waals surface area contributed by atoms with Crippen molar-refractivity contribution in [2.24, 2.45) is 0 Å². The minimum absolute atomic E-state index is 0.0134. The van der Waals surface area contributed by atoms with Crippen molar-refractivity contribution in [1.29, 1.82) is 0 Å².